The van der Waals surface area contributed by atoms with Crippen molar-refractivity contribution < 1.29 is 4.84 Å². The minimum Gasteiger partial charge on any atom is -0.301 e. The summed E-state index contributed by atoms with van der Waals surface area (Å²) in [5.74, 6) is 0. The standard InChI is InChI=1S/C9H16N2OS/c1-5-12-11-7(3)9-6(2)10-8(4)13-9/h7,11H,5H2,1-4H3. The Bertz CT molecular complexity index is 273. The molecule has 0 bridgehead atoms. The van der Waals surface area contributed by atoms with E-state index in [2.05, 4.69) is 17.4 Å². The number of nitrogens with one attached hydrogen (secondary N) is 1. The Labute approximate surface area is 83.1 Å². The average molecular weight is 200 g/mol. The molecule has 3 nitrogen and oxygen atoms in total. The Morgan fingerprint density at radius 2 is 2.23 bits per heavy atom. The molecule has 1 unspecified atom stereocenters. The summed E-state index contributed by atoms with van der Waals surface area (Å²) in [6.07, 6.45) is 0. The van der Waals surface area contributed by atoms with Gasteiger partial charge in [-0.05, 0) is 27.7 Å². The van der Waals surface area contributed by atoms with Gasteiger partial charge in [-0.1, -0.05) is 0 Å². The highest BCUT2D eigenvalue weighted by Gasteiger charge is 2.11. The molecule has 1 heterocycles. The molecule has 13 heavy (non-hydrogen) atoms. The number of hydrogen-bond donors (Lipinski definition) is 1. The Morgan fingerprint density at radius 3 is 2.69 bits per heavy atom. The van der Waals surface area contributed by atoms with Gasteiger partial charge in [-0.2, -0.15) is 5.48 Å². The number of aromatic nitrogens is 1. The Kier molecular flexibility index (Phi) is 3.84. The maximum Gasteiger partial charge on any atom is 0.0900 e. The van der Waals surface area contributed by atoms with Gasteiger partial charge in [0.2, 0.25) is 0 Å². The van der Waals surface area contributed by atoms with Crippen molar-refractivity contribution in [3.63, 3.8) is 0 Å². The molecule has 74 valence electrons. The van der Waals surface area contributed by atoms with E-state index in [-0.39, 0.29) is 6.04 Å². The summed E-state index contributed by atoms with van der Waals surface area (Å²) in [5, 5.41) is 1.11. The second-order valence-electron chi connectivity index (χ2n) is 2.96. The molecule has 0 spiro atoms. The van der Waals surface area contributed by atoms with E-state index in [1.807, 2.05) is 20.8 Å². The number of hydrogen-bond acceptors (Lipinski definition) is 4. The highest BCUT2D eigenvalue weighted by atomic mass is 32.1. The normalized spacial score (nSPS) is 13.2. The third-order valence-electron chi connectivity index (χ3n) is 1.74. The van der Waals surface area contributed by atoms with Gasteiger partial charge in [0.25, 0.3) is 0 Å². The summed E-state index contributed by atoms with van der Waals surface area (Å²) < 4.78 is 0. The van der Waals surface area contributed by atoms with E-state index < -0.39 is 0 Å². The fraction of sp³-hybridized carbons (Fsp3) is 0.667. The van der Waals surface area contributed by atoms with E-state index in [1.165, 1.54) is 4.88 Å². The molecule has 1 aromatic rings. The minimum absolute atomic E-state index is 0.228. The zero-order valence-corrected chi connectivity index (χ0v) is 9.36. The van der Waals surface area contributed by atoms with Gasteiger partial charge in [-0.15, -0.1) is 11.3 Å². The molecule has 1 atom stereocenters. The summed E-state index contributed by atoms with van der Waals surface area (Å²) in [6.45, 7) is 8.78. The van der Waals surface area contributed by atoms with Crippen LogP contribution in [0.3, 0.4) is 0 Å². The lowest BCUT2D eigenvalue weighted by atomic mass is 10.2. The Hall–Kier alpha value is -0.450. The number of thiazole rings is 1. The van der Waals surface area contributed by atoms with Crippen LogP contribution in [-0.4, -0.2) is 11.6 Å². The van der Waals surface area contributed by atoms with Gasteiger partial charge in [-0.3, -0.25) is 0 Å². The largest absolute Gasteiger partial charge is 0.301 e. The van der Waals surface area contributed by atoms with Crippen LogP contribution in [0.2, 0.25) is 0 Å². The van der Waals surface area contributed by atoms with Crippen molar-refractivity contribution in [2.45, 2.75) is 33.7 Å². The van der Waals surface area contributed by atoms with Crippen LogP contribution in [0, 0.1) is 13.8 Å². The maximum atomic E-state index is 5.14. The molecule has 4 heteroatoms. The van der Waals surface area contributed by atoms with E-state index in [1.54, 1.807) is 11.3 Å². The van der Waals surface area contributed by atoms with Crippen LogP contribution >= 0.6 is 11.3 Å². The van der Waals surface area contributed by atoms with Crippen molar-refractivity contribution in [2.75, 3.05) is 6.61 Å². The van der Waals surface area contributed by atoms with E-state index >= 15 is 0 Å². The van der Waals surface area contributed by atoms with Gasteiger partial charge < -0.3 is 4.84 Å². The van der Waals surface area contributed by atoms with E-state index in [9.17, 15) is 0 Å². The Morgan fingerprint density at radius 1 is 1.54 bits per heavy atom. The lowest BCUT2D eigenvalue weighted by molar-refractivity contribution is 0.0291. The molecular formula is C9H16N2OS. The van der Waals surface area contributed by atoms with Crippen LogP contribution < -0.4 is 5.48 Å². The van der Waals surface area contributed by atoms with Crippen molar-refractivity contribution in [2.24, 2.45) is 0 Å². The second-order valence-corrected chi connectivity index (χ2v) is 4.19. The van der Waals surface area contributed by atoms with Gasteiger partial charge in [0.15, 0.2) is 0 Å². The molecular weight excluding hydrogens is 184 g/mol. The molecule has 1 N–H and O–H groups in total. The van der Waals surface area contributed by atoms with Crippen LogP contribution in [0.15, 0.2) is 0 Å². The van der Waals surface area contributed by atoms with Crippen molar-refractivity contribution in [3.8, 4) is 0 Å². The molecule has 0 aliphatic heterocycles. The van der Waals surface area contributed by atoms with Crippen LogP contribution in [0.4, 0.5) is 0 Å². The van der Waals surface area contributed by atoms with Gasteiger partial charge in [-0.25, -0.2) is 4.98 Å². The van der Waals surface area contributed by atoms with Crippen molar-refractivity contribution in [1.82, 2.24) is 10.5 Å². The number of aryl methyl sites for hydroxylation is 2. The molecule has 0 saturated heterocycles. The fourth-order valence-corrected chi connectivity index (χ4v) is 2.13. The van der Waals surface area contributed by atoms with Crippen molar-refractivity contribution in [3.05, 3.63) is 15.6 Å². The monoisotopic (exact) mass is 200 g/mol. The Balaban J connectivity index is 2.64. The van der Waals surface area contributed by atoms with Gasteiger partial charge in [0.05, 0.1) is 23.4 Å². The summed E-state index contributed by atoms with van der Waals surface area (Å²) in [4.78, 5) is 10.8. The first-order chi connectivity index (χ1) is 6.15. The summed E-state index contributed by atoms with van der Waals surface area (Å²) >= 11 is 1.72. The molecule has 0 radical (unpaired) electrons. The van der Waals surface area contributed by atoms with E-state index in [0.717, 1.165) is 10.7 Å². The zero-order chi connectivity index (χ0) is 9.84. The molecule has 0 saturated carbocycles. The third-order valence-corrected chi connectivity index (χ3v) is 2.99. The molecule has 0 aliphatic rings. The molecule has 0 amide bonds. The van der Waals surface area contributed by atoms with E-state index in [0.29, 0.717) is 6.61 Å². The van der Waals surface area contributed by atoms with Crippen molar-refractivity contribution in [1.29, 1.82) is 0 Å². The topological polar surface area (TPSA) is 34.1 Å². The van der Waals surface area contributed by atoms with Crippen LogP contribution in [0.5, 0.6) is 0 Å². The zero-order valence-electron chi connectivity index (χ0n) is 8.55. The molecule has 1 aromatic heterocycles. The predicted molar refractivity (Wildman–Crippen MR) is 54.8 cm³/mol. The van der Waals surface area contributed by atoms with Crippen LogP contribution in [-0.2, 0) is 4.84 Å². The lowest BCUT2D eigenvalue weighted by Gasteiger charge is -2.11. The fourth-order valence-electron chi connectivity index (χ4n) is 1.21. The first-order valence-electron chi connectivity index (χ1n) is 4.46. The van der Waals surface area contributed by atoms with Gasteiger partial charge in [0.1, 0.15) is 0 Å². The molecule has 1 rings (SSSR count). The first kappa shape index (κ1) is 10.6. The third kappa shape index (κ3) is 2.76. The van der Waals surface area contributed by atoms with Crippen molar-refractivity contribution >= 4 is 11.3 Å². The van der Waals surface area contributed by atoms with Crippen LogP contribution in [0.1, 0.15) is 35.5 Å². The first-order valence-corrected chi connectivity index (χ1v) is 5.28. The smallest absolute Gasteiger partial charge is 0.0900 e. The summed E-state index contributed by atoms with van der Waals surface area (Å²) in [5.41, 5.74) is 4.07. The highest BCUT2D eigenvalue weighted by Crippen LogP contribution is 2.24. The number of hydroxylamine groups is 1. The SMILES string of the molecule is CCONC(C)c1sc(C)nc1C. The average Bonchev–Trinajstić information content (AvgIpc) is 2.41. The summed E-state index contributed by atoms with van der Waals surface area (Å²) in [6, 6.07) is 0.228. The molecule has 0 aliphatic carbocycles. The minimum atomic E-state index is 0.228. The second kappa shape index (κ2) is 4.69. The van der Waals surface area contributed by atoms with E-state index in [4.69, 9.17) is 4.84 Å². The molecule has 0 aromatic carbocycles. The van der Waals surface area contributed by atoms with Gasteiger partial charge in [0, 0.05) is 4.88 Å². The highest BCUT2D eigenvalue weighted by molar-refractivity contribution is 7.11. The lowest BCUT2D eigenvalue weighted by Crippen LogP contribution is -2.18. The van der Waals surface area contributed by atoms with Gasteiger partial charge >= 0.3 is 0 Å². The van der Waals surface area contributed by atoms with Crippen LogP contribution in [0.25, 0.3) is 0 Å². The maximum absolute atomic E-state index is 5.14. The predicted octanol–water partition coefficient (Wildman–Crippen LogP) is 2.36. The number of nitrogens with zero attached hydrogens (tertiary/aromatic N) is 1. The quantitative estimate of drug-likeness (QED) is 0.758. The molecule has 0 fully saturated rings. The summed E-state index contributed by atoms with van der Waals surface area (Å²) in [7, 11) is 0. The number of rotatable bonds is 4.